The van der Waals surface area contributed by atoms with Gasteiger partial charge in [0.1, 0.15) is 10.6 Å². The summed E-state index contributed by atoms with van der Waals surface area (Å²) in [6.07, 6.45) is 2.97. The van der Waals surface area contributed by atoms with E-state index in [2.05, 4.69) is 15.0 Å². The number of carbonyl (C=O) groups is 2. The molecule has 0 bridgehead atoms. The summed E-state index contributed by atoms with van der Waals surface area (Å²) in [5, 5.41) is 15.6. The van der Waals surface area contributed by atoms with Crippen LogP contribution < -0.4 is 10.6 Å². The number of rotatable bonds is 3. The molecule has 1 unspecified atom stereocenters. The molecule has 2 fully saturated rings. The van der Waals surface area contributed by atoms with Gasteiger partial charge >= 0.3 is 5.97 Å². The lowest BCUT2D eigenvalue weighted by atomic mass is 9.92. The van der Waals surface area contributed by atoms with Crippen LogP contribution in [0.25, 0.3) is 0 Å². The standard InChI is InChI=1S/C13H17N3O3S/c1-7-9(12(18)19)11(20-16-7)15-10(17)8-6-13(8)2-4-14-5-3-13/h8,14H,2-6H2,1H3,(H,15,17)(H,18,19). The van der Waals surface area contributed by atoms with E-state index in [1.807, 2.05) is 0 Å². The van der Waals surface area contributed by atoms with Crippen molar-refractivity contribution in [1.82, 2.24) is 9.69 Å². The van der Waals surface area contributed by atoms with Gasteiger partial charge in [0.05, 0.1) is 5.69 Å². The van der Waals surface area contributed by atoms with E-state index in [-0.39, 0.29) is 22.8 Å². The minimum Gasteiger partial charge on any atom is -0.478 e. The van der Waals surface area contributed by atoms with Crippen molar-refractivity contribution in [2.24, 2.45) is 11.3 Å². The quantitative estimate of drug-likeness (QED) is 0.785. The first-order valence-corrected chi connectivity index (χ1v) is 7.52. The molecule has 108 valence electrons. The van der Waals surface area contributed by atoms with Gasteiger partial charge in [-0.25, -0.2) is 4.79 Å². The maximum atomic E-state index is 12.3. The predicted octanol–water partition coefficient (Wildman–Crippen LogP) is 1.48. The van der Waals surface area contributed by atoms with Crippen molar-refractivity contribution in [3.05, 3.63) is 11.3 Å². The molecular weight excluding hydrogens is 278 g/mol. The Bertz CT molecular complexity index is 563. The van der Waals surface area contributed by atoms with E-state index in [0.29, 0.717) is 10.7 Å². The molecule has 1 aliphatic carbocycles. The number of aryl methyl sites for hydroxylation is 1. The summed E-state index contributed by atoms with van der Waals surface area (Å²) in [5.74, 6) is -1.08. The Kier molecular flexibility index (Phi) is 3.25. The number of nitrogens with zero attached hydrogens (tertiary/aromatic N) is 1. The Morgan fingerprint density at radius 3 is 2.80 bits per heavy atom. The summed E-state index contributed by atoms with van der Waals surface area (Å²) in [6.45, 7) is 3.56. The fourth-order valence-corrected chi connectivity index (χ4v) is 3.89. The highest BCUT2D eigenvalue weighted by Crippen LogP contribution is 2.58. The zero-order valence-electron chi connectivity index (χ0n) is 11.2. The van der Waals surface area contributed by atoms with Crippen LogP contribution in [0.4, 0.5) is 5.00 Å². The molecule has 20 heavy (non-hydrogen) atoms. The van der Waals surface area contributed by atoms with Crippen molar-refractivity contribution in [2.45, 2.75) is 26.2 Å². The molecule has 1 amide bonds. The van der Waals surface area contributed by atoms with Crippen LogP contribution in [0.3, 0.4) is 0 Å². The Balaban J connectivity index is 1.70. The molecular formula is C13H17N3O3S. The van der Waals surface area contributed by atoms with Crippen LogP contribution in [0.5, 0.6) is 0 Å². The summed E-state index contributed by atoms with van der Waals surface area (Å²) >= 11 is 1.04. The number of aromatic carboxylic acids is 1. The number of aromatic nitrogens is 1. The van der Waals surface area contributed by atoms with Gasteiger partial charge in [-0.3, -0.25) is 4.79 Å². The smallest absolute Gasteiger partial charge is 0.340 e. The van der Waals surface area contributed by atoms with Crippen LogP contribution in [-0.2, 0) is 4.79 Å². The molecule has 1 aromatic heterocycles. The predicted molar refractivity (Wildman–Crippen MR) is 75.1 cm³/mol. The third-order valence-corrected chi connectivity index (χ3v) is 5.27. The maximum Gasteiger partial charge on any atom is 0.340 e. The number of nitrogens with one attached hydrogen (secondary N) is 2. The molecule has 2 aliphatic rings. The van der Waals surface area contributed by atoms with Crippen LogP contribution in [0.15, 0.2) is 0 Å². The van der Waals surface area contributed by atoms with E-state index in [1.165, 1.54) is 0 Å². The Morgan fingerprint density at radius 2 is 2.15 bits per heavy atom. The van der Waals surface area contributed by atoms with Gasteiger partial charge < -0.3 is 15.7 Å². The lowest BCUT2D eigenvalue weighted by Gasteiger charge is -2.23. The third kappa shape index (κ3) is 2.20. The van der Waals surface area contributed by atoms with Crippen molar-refractivity contribution in [2.75, 3.05) is 18.4 Å². The van der Waals surface area contributed by atoms with E-state index in [9.17, 15) is 9.59 Å². The zero-order valence-corrected chi connectivity index (χ0v) is 12.0. The van der Waals surface area contributed by atoms with Gasteiger partial charge in [0.25, 0.3) is 0 Å². The number of carboxylic acid groups (broad SMARTS) is 1. The van der Waals surface area contributed by atoms with Crippen molar-refractivity contribution in [1.29, 1.82) is 0 Å². The van der Waals surface area contributed by atoms with E-state index in [4.69, 9.17) is 5.11 Å². The van der Waals surface area contributed by atoms with Crippen molar-refractivity contribution < 1.29 is 14.7 Å². The largest absolute Gasteiger partial charge is 0.478 e. The second-order valence-corrected chi connectivity index (χ2v) is 6.41. The summed E-state index contributed by atoms with van der Waals surface area (Å²) in [5.41, 5.74) is 0.715. The number of piperidine rings is 1. The lowest BCUT2D eigenvalue weighted by Crippen LogP contribution is -2.31. The molecule has 1 aliphatic heterocycles. The highest BCUT2D eigenvalue weighted by Gasteiger charge is 2.57. The van der Waals surface area contributed by atoms with Crippen LogP contribution >= 0.6 is 11.5 Å². The summed E-state index contributed by atoms with van der Waals surface area (Å²) < 4.78 is 4.01. The number of hydrogen-bond acceptors (Lipinski definition) is 5. The van der Waals surface area contributed by atoms with E-state index < -0.39 is 5.97 Å². The van der Waals surface area contributed by atoms with Gasteiger partial charge in [0.15, 0.2) is 0 Å². The van der Waals surface area contributed by atoms with E-state index >= 15 is 0 Å². The van der Waals surface area contributed by atoms with Crippen molar-refractivity contribution in [3.63, 3.8) is 0 Å². The molecule has 1 atom stereocenters. The van der Waals surface area contributed by atoms with Gasteiger partial charge in [0.2, 0.25) is 5.91 Å². The van der Waals surface area contributed by atoms with Crippen LogP contribution in [-0.4, -0.2) is 34.4 Å². The first kappa shape index (κ1) is 13.5. The maximum absolute atomic E-state index is 12.3. The highest BCUT2D eigenvalue weighted by molar-refractivity contribution is 7.11. The summed E-state index contributed by atoms with van der Waals surface area (Å²) in [7, 11) is 0. The normalized spacial score (nSPS) is 23.6. The molecule has 0 aromatic carbocycles. The minimum absolute atomic E-state index is 0.0219. The Labute approximate surface area is 120 Å². The molecule has 0 radical (unpaired) electrons. The fourth-order valence-electron chi connectivity index (χ4n) is 3.10. The first-order valence-electron chi connectivity index (χ1n) is 6.75. The number of amides is 1. The Hall–Kier alpha value is -1.47. The van der Waals surface area contributed by atoms with Crippen LogP contribution in [0.2, 0.25) is 0 Å². The average molecular weight is 295 g/mol. The molecule has 7 heteroatoms. The zero-order chi connectivity index (χ0) is 14.3. The third-order valence-electron chi connectivity index (χ3n) is 4.42. The van der Waals surface area contributed by atoms with E-state index in [1.54, 1.807) is 6.92 Å². The topological polar surface area (TPSA) is 91.3 Å². The number of carboxylic acids is 1. The molecule has 3 rings (SSSR count). The molecule has 1 spiro atoms. The number of anilines is 1. The molecule has 1 aromatic rings. The monoisotopic (exact) mass is 295 g/mol. The Morgan fingerprint density at radius 1 is 1.45 bits per heavy atom. The number of hydrogen-bond donors (Lipinski definition) is 3. The minimum atomic E-state index is -1.04. The molecule has 1 saturated carbocycles. The van der Waals surface area contributed by atoms with E-state index in [0.717, 1.165) is 43.9 Å². The fraction of sp³-hybridized carbons (Fsp3) is 0.615. The lowest BCUT2D eigenvalue weighted by molar-refractivity contribution is -0.118. The van der Waals surface area contributed by atoms with Crippen LogP contribution in [0, 0.1) is 18.3 Å². The van der Waals surface area contributed by atoms with Gasteiger partial charge in [-0.1, -0.05) is 0 Å². The summed E-state index contributed by atoms with van der Waals surface area (Å²) in [6, 6.07) is 0. The van der Waals surface area contributed by atoms with Gasteiger partial charge in [0, 0.05) is 5.92 Å². The van der Waals surface area contributed by atoms with Crippen LogP contribution in [0.1, 0.15) is 35.3 Å². The molecule has 1 saturated heterocycles. The molecule has 3 N–H and O–H groups in total. The highest BCUT2D eigenvalue weighted by atomic mass is 32.1. The number of carbonyl (C=O) groups excluding carboxylic acids is 1. The van der Waals surface area contributed by atoms with Crippen molar-refractivity contribution in [3.8, 4) is 0 Å². The van der Waals surface area contributed by atoms with Crippen molar-refractivity contribution >= 4 is 28.4 Å². The summed E-state index contributed by atoms with van der Waals surface area (Å²) in [4.78, 5) is 23.5. The van der Waals surface area contributed by atoms with Gasteiger partial charge in [-0.2, -0.15) is 4.37 Å². The molecule has 6 nitrogen and oxygen atoms in total. The SMILES string of the molecule is Cc1nsc(NC(=O)C2CC23CCNCC3)c1C(=O)O. The first-order chi connectivity index (χ1) is 9.53. The molecule has 2 heterocycles. The van der Waals surface area contributed by atoms with Gasteiger partial charge in [-0.05, 0) is 56.2 Å². The second kappa shape index (κ2) is 4.82. The van der Waals surface area contributed by atoms with Gasteiger partial charge in [-0.15, -0.1) is 0 Å². The second-order valence-electron chi connectivity index (χ2n) is 5.64. The average Bonchev–Trinajstić information content (AvgIpc) is 2.96.